The van der Waals surface area contributed by atoms with Crippen molar-refractivity contribution >= 4 is 12.4 Å². The Hall–Kier alpha value is -0.580. The highest BCUT2D eigenvalue weighted by atomic mass is 35.5. The van der Waals surface area contributed by atoms with E-state index in [2.05, 4.69) is 4.98 Å². The van der Waals surface area contributed by atoms with Gasteiger partial charge in [0.15, 0.2) is 6.29 Å². The molecule has 1 fully saturated rings. The lowest BCUT2D eigenvalue weighted by molar-refractivity contribution is -0.0524. The number of ether oxygens (including phenoxy) is 2. The summed E-state index contributed by atoms with van der Waals surface area (Å²) >= 11 is 0. The molecule has 0 saturated carbocycles. The van der Waals surface area contributed by atoms with Crippen molar-refractivity contribution in [2.75, 3.05) is 13.2 Å². The SMILES string of the molecule is Cl.c1cn(CC2OCCO2)cn1. The van der Waals surface area contributed by atoms with Crippen LogP contribution in [-0.4, -0.2) is 29.1 Å². The second-order valence-electron chi connectivity index (χ2n) is 2.43. The molecule has 0 N–H and O–H groups in total. The Morgan fingerprint density at radius 1 is 1.42 bits per heavy atom. The summed E-state index contributed by atoms with van der Waals surface area (Å²) < 4.78 is 12.5. The zero-order chi connectivity index (χ0) is 7.52. The van der Waals surface area contributed by atoms with Crippen LogP contribution in [0, 0.1) is 0 Å². The Morgan fingerprint density at radius 2 is 2.17 bits per heavy atom. The predicted octanol–water partition coefficient (Wildman–Crippen LogP) is 0.678. The van der Waals surface area contributed by atoms with Crippen LogP contribution in [0.25, 0.3) is 0 Å². The molecule has 4 nitrogen and oxygen atoms in total. The minimum atomic E-state index is -0.0794. The number of hydrogen-bond acceptors (Lipinski definition) is 3. The van der Waals surface area contributed by atoms with E-state index in [-0.39, 0.29) is 18.7 Å². The maximum atomic E-state index is 5.26. The summed E-state index contributed by atoms with van der Waals surface area (Å²) in [5.74, 6) is 0. The van der Waals surface area contributed by atoms with Crippen molar-refractivity contribution in [2.24, 2.45) is 0 Å². The third kappa shape index (κ3) is 2.20. The molecule has 2 rings (SSSR count). The van der Waals surface area contributed by atoms with Gasteiger partial charge in [-0.05, 0) is 0 Å². The highest BCUT2D eigenvalue weighted by Gasteiger charge is 2.15. The molecule has 0 spiro atoms. The molecule has 1 aliphatic heterocycles. The first-order chi connectivity index (χ1) is 5.45. The van der Waals surface area contributed by atoms with Crippen molar-refractivity contribution in [3.8, 4) is 0 Å². The van der Waals surface area contributed by atoms with Crippen LogP contribution in [0.15, 0.2) is 18.7 Å². The minimum Gasteiger partial charge on any atom is -0.348 e. The molecule has 68 valence electrons. The van der Waals surface area contributed by atoms with Gasteiger partial charge in [-0.3, -0.25) is 0 Å². The molecule has 0 aliphatic carbocycles. The minimum absolute atomic E-state index is 0. The summed E-state index contributed by atoms with van der Waals surface area (Å²) in [6.45, 7) is 2.15. The summed E-state index contributed by atoms with van der Waals surface area (Å²) in [6.07, 6.45) is 5.31. The van der Waals surface area contributed by atoms with Crippen molar-refractivity contribution in [2.45, 2.75) is 12.8 Å². The molecule has 0 radical (unpaired) electrons. The third-order valence-corrected chi connectivity index (χ3v) is 1.61. The molecule has 0 aromatic carbocycles. The lowest BCUT2D eigenvalue weighted by Gasteiger charge is -2.08. The van der Waals surface area contributed by atoms with Crippen molar-refractivity contribution in [3.63, 3.8) is 0 Å². The third-order valence-electron chi connectivity index (χ3n) is 1.61. The Balaban J connectivity index is 0.000000720. The van der Waals surface area contributed by atoms with Crippen molar-refractivity contribution in [1.29, 1.82) is 0 Å². The van der Waals surface area contributed by atoms with E-state index in [0.717, 1.165) is 6.54 Å². The second-order valence-corrected chi connectivity index (χ2v) is 2.43. The molecule has 1 saturated heterocycles. The normalized spacial score (nSPS) is 17.7. The Labute approximate surface area is 76.9 Å². The summed E-state index contributed by atoms with van der Waals surface area (Å²) in [7, 11) is 0. The van der Waals surface area contributed by atoms with E-state index in [0.29, 0.717) is 13.2 Å². The van der Waals surface area contributed by atoms with Crippen molar-refractivity contribution in [3.05, 3.63) is 18.7 Å². The highest BCUT2D eigenvalue weighted by Crippen LogP contribution is 2.05. The molecule has 12 heavy (non-hydrogen) atoms. The van der Waals surface area contributed by atoms with Gasteiger partial charge in [-0.25, -0.2) is 4.98 Å². The van der Waals surface area contributed by atoms with Crippen LogP contribution in [0.4, 0.5) is 0 Å². The first-order valence-corrected chi connectivity index (χ1v) is 3.64. The molecule has 2 heterocycles. The molecule has 0 atom stereocenters. The maximum Gasteiger partial charge on any atom is 0.175 e. The van der Waals surface area contributed by atoms with Crippen LogP contribution >= 0.6 is 12.4 Å². The summed E-state index contributed by atoms with van der Waals surface area (Å²) in [5.41, 5.74) is 0. The smallest absolute Gasteiger partial charge is 0.175 e. The van der Waals surface area contributed by atoms with Crippen molar-refractivity contribution < 1.29 is 9.47 Å². The van der Waals surface area contributed by atoms with Gasteiger partial charge in [0.2, 0.25) is 0 Å². The van der Waals surface area contributed by atoms with Gasteiger partial charge >= 0.3 is 0 Å². The highest BCUT2D eigenvalue weighted by molar-refractivity contribution is 5.85. The van der Waals surface area contributed by atoms with Crippen LogP contribution in [0.1, 0.15) is 0 Å². The summed E-state index contributed by atoms with van der Waals surface area (Å²) in [6, 6.07) is 0. The number of nitrogens with zero attached hydrogens (tertiary/aromatic N) is 2. The monoisotopic (exact) mass is 190 g/mol. The van der Waals surface area contributed by atoms with Crippen LogP contribution in [0.2, 0.25) is 0 Å². The Bertz CT molecular complexity index is 209. The number of rotatable bonds is 2. The topological polar surface area (TPSA) is 36.3 Å². The van der Waals surface area contributed by atoms with Crippen molar-refractivity contribution in [1.82, 2.24) is 9.55 Å². The standard InChI is InChI=1S/C7H10N2O2.ClH/c1-2-9(6-8-1)5-7-10-3-4-11-7;/h1-2,6-7H,3-5H2;1H. The average Bonchev–Trinajstić information content (AvgIpc) is 2.60. The van der Waals surface area contributed by atoms with Gasteiger partial charge in [-0.2, -0.15) is 0 Å². The molecular formula is C7H11ClN2O2. The zero-order valence-corrected chi connectivity index (χ0v) is 7.37. The predicted molar refractivity (Wildman–Crippen MR) is 45.2 cm³/mol. The van der Waals surface area contributed by atoms with E-state index in [1.807, 2.05) is 10.8 Å². The fraction of sp³-hybridized carbons (Fsp3) is 0.571. The molecule has 0 bridgehead atoms. The van der Waals surface area contributed by atoms with Gasteiger partial charge in [0.25, 0.3) is 0 Å². The van der Waals surface area contributed by atoms with Gasteiger partial charge in [-0.15, -0.1) is 12.4 Å². The average molecular weight is 191 g/mol. The molecule has 5 heteroatoms. The van der Waals surface area contributed by atoms with E-state index in [1.54, 1.807) is 12.5 Å². The van der Waals surface area contributed by atoms with Gasteiger partial charge in [0, 0.05) is 12.4 Å². The van der Waals surface area contributed by atoms with E-state index < -0.39 is 0 Å². The fourth-order valence-electron chi connectivity index (χ4n) is 1.08. The lowest BCUT2D eigenvalue weighted by Crippen LogP contribution is -2.15. The molecular weight excluding hydrogens is 180 g/mol. The Morgan fingerprint density at radius 3 is 2.75 bits per heavy atom. The van der Waals surface area contributed by atoms with E-state index >= 15 is 0 Å². The molecule has 1 aromatic rings. The quantitative estimate of drug-likeness (QED) is 0.688. The first kappa shape index (κ1) is 9.51. The number of imidazole rings is 1. The Kier molecular flexibility index (Phi) is 3.52. The van der Waals surface area contributed by atoms with Gasteiger partial charge in [0.1, 0.15) is 0 Å². The number of halogens is 1. The van der Waals surface area contributed by atoms with E-state index in [1.165, 1.54) is 0 Å². The van der Waals surface area contributed by atoms with Gasteiger partial charge in [-0.1, -0.05) is 0 Å². The molecule has 0 unspecified atom stereocenters. The van der Waals surface area contributed by atoms with Crippen LogP contribution in [-0.2, 0) is 16.0 Å². The van der Waals surface area contributed by atoms with Crippen LogP contribution < -0.4 is 0 Å². The van der Waals surface area contributed by atoms with E-state index in [9.17, 15) is 0 Å². The van der Waals surface area contributed by atoms with Gasteiger partial charge < -0.3 is 14.0 Å². The van der Waals surface area contributed by atoms with Crippen LogP contribution in [0.3, 0.4) is 0 Å². The zero-order valence-electron chi connectivity index (χ0n) is 6.55. The second kappa shape index (κ2) is 4.45. The first-order valence-electron chi connectivity index (χ1n) is 3.64. The lowest BCUT2D eigenvalue weighted by atomic mass is 10.6. The van der Waals surface area contributed by atoms with Crippen LogP contribution in [0.5, 0.6) is 0 Å². The molecule has 0 amide bonds. The molecule has 1 aliphatic rings. The largest absolute Gasteiger partial charge is 0.348 e. The van der Waals surface area contributed by atoms with Gasteiger partial charge in [0.05, 0.1) is 26.1 Å². The number of hydrogen-bond donors (Lipinski definition) is 0. The number of aromatic nitrogens is 2. The summed E-state index contributed by atoms with van der Waals surface area (Å²) in [4.78, 5) is 3.92. The fourth-order valence-corrected chi connectivity index (χ4v) is 1.08. The maximum absolute atomic E-state index is 5.26. The molecule has 1 aromatic heterocycles. The van der Waals surface area contributed by atoms with E-state index in [4.69, 9.17) is 9.47 Å². The summed E-state index contributed by atoms with van der Waals surface area (Å²) in [5, 5.41) is 0.